The number of rotatable bonds is 3. The van der Waals surface area contributed by atoms with Crippen LogP contribution in [-0.4, -0.2) is 15.0 Å². The Morgan fingerprint density at radius 1 is 1.32 bits per heavy atom. The highest BCUT2D eigenvalue weighted by molar-refractivity contribution is 6.29. The molecule has 0 aliphatic rings. The third kappa shape index (κ3) is 3.67. The summed E-state index contributed by atoms with van der Waals surface area (Å²) in [6.07, 6.45) is 1.69. The fraction of sp³-hybridized carbons (Fsp3) is 0.462. The molecular weight excluding hydrogens is 264 g/mol. The van der Waals surface area contributed by atoms with Gasteiger partial charge in [0.1, 0.15) is 22.6 Å². The number of aryl methyl sites for hydroxylation is 1. The van der Waals surface area contributed by atoms with Crippen LogP contribution in [0, 0.1) is 6.92 Å². The molecule has 0 saturated heterocycles. The average molecular weight is 281 g/mol. The zero-order valence-electron chi connectivity index (χ0n) is 11.5. The van der Waals surface area contributed by atoms with Crippen LogP contribution in [0.4, 0.5) is 5.82 Å². The number of nitrogens with zero attached hydrogens (tertiary/aromatic N) is 3. The highest BCUT2D eigenvalue weighted by Crippen LogP contribution is 2.22. The topological polar surface area (TPSA) is 63.8 Å². The van der Waals surface area contributed by atoms with E-state index in [4.69, 9.17) is 16.0 Å². The minimum atomic E-state index is -0.152. The molecule has 0 radical (unpaired) electrons. The maximum atomic E-state index is 6.01. The van der Waals surface area contributed by atoms with E-state index in [1.54, 1.807) is 12.3 Å². The van der Waals surface area contributed by atoms with Gasteiger partial charge in [-0.25, -0.2) is 15.0 Å². The maximum absolute atomic E-state index is 6.01. The lowest BCUT2D eigenvalue weighted by molar-refractivity contribution is 0.478. The Bertz CT molecular complexity index is 574. The van der Waals surface area contributed by atoms with Crippen LogP contribution in [0.2, 0.25) is 5.15 Å². The Balaban J connectivity index is 2.14. The van der Waals surface area contributed by atoms with E-state index in [0.29, 0.717) is 29.2 Å². The summed E-state index contributed by atoms with van der Waals surface area (Å²) >= 11 is 6.01. The van der Waals surface area contributed by atoms with Crippen molar-refractivity contribution in [3.63, 3.8) is 0 Å². The van der Waals surface area contributed by atoms with Gasteiger partial charge in [-0.1, -0.05) is 32.4 Å². The Kier molecular flexibility index (Phi) is 3.75. The molecule has 102 valence electrons. The number of hydrogen-bond acceptors (Lipinski definition) is 5. The van der Waals surface area contributed by atoms with Crippen LogP contribution in [-0.2, 0) is 12.0 Å². The quantitative estimate of drug-likeness (QED) is 0.874. The van der Waals surface area contributed by atoms with Crippen molar-refractivity contribution in [3.8, 4) is 0 Å². The Morgan fingerprint density at radius 2 is 2.05 bits per heavy atom. The Labute approximate surface area is 117 Å². The van der Waals surface area contributed by atoms with Gasteiger partial charge in [0.25, 0.3) is 0 Å². The molecule has 2 aromatic rings. The van der Waals surface area contributed by atoms with Gasteiger partial charge in [-0.2, -0.15) is 0 Å². The number of halogens is 1. The van der Waals surface area contributed by atoms with Crippen LogP contribution in [0.1, 0.15) is 38.2 Å². The molecule has 6 heteroatoms. The highest BCUT2D eigenvalue weighted by atomic mass is 35.5. The first-order valence-corrected chi connectivity index (χ1v) is 6.42. The van der Waals surface area contributed by atoms with Crippen molar-refractivity contribution in [2.24, 2.45) is 0 Å². The molecule has 0 atom stereocenters. The van der Waals surface area contributed by atoms with Gasteiger partial charge in [-0.3, -0.25) is 0 Å². The van der Waals surface area contributed by atoms with E-state index in [0.717, 1.165) is 5.76 Å². The van der Waals surface area contributed by atoms with Crippen molar-refractivity contribution < 1.29 is 4.42 Å². The fourth-order valence-electron chi connectivity index (χ4n) is 1.49. The van der Waals surface area contributed by atoms with E-state index in [9.17, 15) is 0 Å². The molecule has 5 nitrogen and oxygen atoms in total. The second-order valence-corrected chi connectivity index (χ2v) is 5.75. The summed E-state index contributed by atoms with van der Waals surface area (Å²) in [4.78, 5) is 12.8. The zero-order chi connectivity index (χ0) is 14.0. The van der Waals surface area contributed by atoms with Crippen LogP contribution in [0.25, 0.3) is 0 Å². The maximum Gasteiger partial charge on any atom is 0.213 e. The van der Waals surface area contributed by atoms with Crippen molar-refractivity contribution in [1.82, 2.24) is 15.0 Å². The van der Waals surface area contributed by atoms with E-state index < -0.39 is 0 Å². The molecule has 19 heavy (non-hydrogen) atoms. The number of aromatic nitrogens is 3. The molecular formula is C13H17ClN4O. The summed E-state index contributed by atoms with van der Waals surface area (Å²) in [6.45, 7) is 8.44. The molecule has 0 saturated carbocycles. The monoisotopic (exact) mass is 280 g/mol. The second kappa shape index (κ2) is 5.17. The predicted molar refractivity (Wildman–Crippen MR) is 74.3 cm³/mol. The Hall–Kier alpha value is -1.62. The summed E-state index contributed by atoms with van der Waals surface area (Å²) in [5.41, 5.74) is -0.152. The van der Waals surface area contributed by atoms with Crippen LogP contribution >= 0.6 is 11.6 Å². The van der Waals surface area contributed by atoms with Crippen LogP contribution in [0.3, 0.4) is 0 Å². The van der Waals surface area contributed by atoms with E-state index in [-0.39, 0.29) is 5.41 Å². The molecule has 0 unspecified atom stereocenters. The molecule has 0 aliphatic heterocycles. The SMILES string of the molecule is Cc1cnc(CNc2cc(Cl)nc(C(C)(C)C)n2)o1. The van der Waals surface area contributed by atoms with Gasteiger partial charge in [0.05, 0.1) is 12.7 Å². The van der Waals surface area contributed by atoms with Crippen LogP contribution in [0.15, 0.2) is 16.7 Å². The predicted octanol–water partition coefficient (Wildman–Crippen LogP) is 3.34. The first-order valence-electron chi connectivity index (χ1n) is 6.05. The number of hydrogen-bond donors (Lipinski definition) is 1. The molecule has 2 heterocycles. The molecule has 0 aromatic carbocycles. The van der Waals surface area contributed by atoms with E-state index in [1.807, 2.05) is 27.7 Å². The number of oxazole rings is 1. The van der Waals surface area contributed by atoms with Crippen molar-refractivity contribution >= 4 is 17.4 Å². The van der Waals surface area contributed by atoms with Gasteiger partial charge >= 0.3 is 0 Å². The van der Waals surface area contributed by atoms with Crippen molar-refractivity contribution in [2.75, 3.05) is 5.32 Å². The molecule has 0 aliphatic carbocycles. The summed E-state index contributed by atoms with van der Waals surface area (Å²) < 4.78 is 5.38. The first-order chi connectivity index (χ1) is 8.84. The third-order valence-electron chi connectivity index (χ3n) is 2.46. The highest BCUT2D eigenvalue weighted by Gasteiger charge is 2.18. The van der Waals surface area contributed by atoms with Crippen molar-refractivity contribution in [1.29, 1.82) is 0 Å². The normalized spacial score (nSPS) is 11.6. The lowest BCUT2D eigenvalue weighted by Gasteiger charge is -2.17. The smallest absolute Gasteiger partial charge is 0.213 e. The van der Waals surface area contributed by atoms with Crippen molar-refractivity contribution in [3.05, 3.63) is 34.9 Å². The van der Waals surface area contributed by atoms with E-state index >= 15 is 0 Å². The Morgan fingerprint density at radius 3 is 2.63 bits per heavy atom. The average Bonchev–Trinajstić information content (AvgIpc) is 2.71. The lowest BCUT2D eigenvalue weighted by atomic mass is 9.96. The van der Waals surface area contributed by atoms with Gasteiger partial charge in [0.2, 0.25) is 5.89 Å². The molecule has 1 N–H and O–H groups in total. The van der Waals surface area contributed by atoms with Gasteiger partial charge in [0, 0.05) is 11.5 Å². The van der Waals surface area contributed by atoms with Crippen molar-refractivity contribution in [2.45, 2.75) is 39.7 Å². The van der Waals surface area contributed by atoms with Gasteiger partial charge in [0.15, 0.2) is 0 Å². The first kappa shape index (κ1) is 13.8. The minimum Gasteiger partial charge on any atom is -0.444 e. The molecule has 0 bridgehead atoms. The van der Waals surface area contributed by atoms with Crippen LogP contribution < -0.4 is 5.32 Å². The molecule has 0 fully saturated rings. The summed E-state index contributed by atoms with van der Waals surface area (Å²) in [5.74, 6) is 2.77. The second-order valence-electron chi connectivity index (χ2n) is 5.37. The molecule has 0 spiro atoms. The number of nitrogens with one attached hydrogen (secondary N) is 1. The molecule has 2 rings (SSSR count). The summed E-state index contributed by atoms with van der Waals surface area (Å²) in [6, 6.07) is 1.69. The van der Waals surface area contributed by atoms with E-state index in [2.05, 4.69) is 20.3 Å². The minimum absolute atomic E-state index is 0.152. The third-order valence-corrected chi connectivity index (χ3v) is 2.65. The molecule has 0 amide bonds. The number of anilines is 1. The van der Waals surface area contributed by atoms with Gasteiger partial charge in [-0.05, 0) is 6.92 Å². The van der Waals surface area contributed by atoms with Gasteiger partial charge < -0.3 is 9.73 Å². The standard InChI is InChI=1S/C13H17ClN4O/c1-8-6-16-11(19-8)7-15-10-5-9(14)17-12(18-10)13(2,3)4/h5-6H,7H2,1-4H3,(H,15,17,18). The van der Waals surface area contributed by atoms with Crippen LogP contribution in [0.5, 0.6) is 0 Å². The summed E-state index contributed by atoms with van der Waals surface area (Å²) in [7, 11) is 0. The summed E-state index contributed by atoms with van der Waals surface area (Å²) in [5, 5.41) is 3.56. The largest absolute Gasteiger partial charge is 0.444 e. The fourth-order valence-corrected chi connectivity index (χ4v) is 1.68. The molecule has 2 aromatic heterocycles. The van der Waals surface area contributed by atoms with Gasteiger partial charge in [-0.15, -0.1) is 0 Å². The lowest BCUT2D eigenvalue weighted by Crippen LogP contribution is -2.17. The van der Waals surface area contributed by atoms with E-state index in [1.165, 1.54) is 0 Å². The zero-order valence-corrected chi connectivity index (χ0v) is 12.2.